The molecule has 2 atom stereocenters. The third-order valence-electron chi connectivity index (χ3n) is 5.42. The molecule has 0 radical (unpaired) electrons. The number of methoxy groups -OCH3 is 1. The maximum Gasteiger partial charge on any atom is 0.119 e. The van der Waals surface area contributed by atoms with Crippen molar-refractivity contribution in [2.45, 2.75) is 32.3 Å². The Morgan fingerprint density at radius 1 is 1.24 bits per heavy atom. The van der Waals surface area contributed by atoms with Crippen LogP contribution in [0.2, 0.25) is 0 Å². The van der Waals surface area contributed by atoms with Crippen molar-refractivity contribution in [3.05, 3.63) is 47.5 Å². The van der Waals surface area contributed by atoms with Crippen molar-refractivity contribution in [2.75, 3.05) is 7.11 Å². The van der Waals surface area contributed by atoms with Gasteiger partial charge >= 0.3 is 0 Å². The molecule has 0 heterocycles. The van der Waals surface area contributed by atoms with Crippen molar-refractivity contribution in [3.63, 3.8) is 0 Å². The zero-order chi connectivity index (χ0) is 14.6. The summed E-state index contributed by atoms with van der Waals surface area (Å²) < 4.78 is 5.32. The average Bonchev–Trinajstić information content (AvgIpc) is 2.82. The third kappa shape index (κ3) is 1.69. The highest BCUT2D eigenvalue weighted by Crippen LogP contribution is 2.52. The number of hydrogen-bond donors (Lipinski definition) is 1. The van der Waals surface area contributed by atoms with Crippen molar-refractivity contribution in [1.29, 1.82) is 0 Å². The van der Waals surface area contributed by atoms with Gasteiger partial charge in [0.1, 0.15) is 5.75 Å². The first-order chi connectivity index (χ1) is 10.1. The molecule has 4 rings (SSSR count). The summed E-state index contributed by atoms with van der Waals surface area (Å²) in [5.41, 5.74) is 4.03. The van der Waals surface area contributed by atoms with E-state index in [1.165, 1.54) is 27.5 Å². The molecular formula is C19H20O2. The van der Waals surface area contributed by atoms with Gasteiger partial charge in [-0.05, 0) is 58.9 Å². The number of rotatable bonds is 1. The van der Waals surface area contributed by atoms with Crippen LogP contribution in [-0.4, -0.2) is 18.3 Å². The van der Waals surface area contributed by atoms with Gasteiger partial charge < -0.3 is 9.84 Å². The first-order valence-electron chi connectivity index (χ1n) is 7.62. The summed E-state index contributed by atoms with van der Waals surface area (Å²) in [6, 6.07) is 10.7. The number of aryl methyl sites for hydroxylation is 1. The molecule has 0 saturated heterocycles. The molecule has 108 valence electrons. The molecule has 21 heavy (non-hydrogen) atoms. The Bertz CT molecular complexity index is 759. The molecule has 0 amide bonds. The van der Waals surface area contributed by atoms with E-state index in [4.69, 9.17) is 4.74 Å². The Kier molecular flexibility index (Phi) is 2.67. The molecule has 2 aliphatic carbocycles. The fourth-order valence-electron chi connectivity index (χ4n) is 4.03. The Hall–Kier alpha value is -1.80. The van der Waals surface area contributed by atoms with Gasteiger partial charge in [0.25, 0.3) is 0 Å². The summed E-state index contributed by atoms with van der Waals surface area (Å²) in [7, 11) is 1.70. The number of benzene rings is 2. The van der Waals surface area contributed by atoms with Crippen LogP contribution in [0.3, 0.4) is 0 Å². The van der Waals surface area contributed by atoms with E-state index in [1.54, 1.807) is 7.11 Å². The second kappa shape index (κ2) is 4.35. The van der Waals surface area contributed by atoms with Crippen LogP contribution in [0.15, 0.2) is 36.4 Å². The van der Waals surface area contributed by atoms with Gasteiger partial charge in [0.05, 0.1) is 13.2 Å². The lowest BCUT2D eigenvalue weighted by Gasteiger charge is -2.37. The van der Waals surface area contributed by atoms with Gasteiger partial charge in [-0.25, -0.2) is 0 Å². The normalized spacial score (nSPS) is 27.2. The molecule has 1 unspecified atom stereocenters. The molecule has 0 saturated carbocycles. The van der Waals surface area contributed by atoms with Gasteiger partial charge in [-0.2, -0.15) is 0 Å². The minimum Gasteiger partial charge on any atom is -0.497 e. The molecule has 0 fully saturated rings. The maximum atomic E-state index is 10.3. The minimum atomic E-state index is -0.229. The Morgan fingerprint density at radius 3 is 2.90 bits per heavy atom. The highest BCUT2D eigenvalue weighted by molar-refractivity contribution is 5.93. The first kappa shape index (κ1) is 12.9. The van der Waals surface area contributed by atoms with Gasteiger partial charge in [0.15, 0.2) is 0 Å². The highest BCUT2D eigenvalue weighted by Gasteiger charge is 2.43. The van der Waals surface area contributed by atoms with E-state index in [0.717, 1.165) is 25.0 Å². The van der Waals surface area contributed by atoms with E-state index in [2.05, 4.69) is 37.3 Å². The maximum absolute atomic E-state index is 10.3. The van der Waals surface area contributed by atoms with Crippen LogP contribution < -0.4 is 4.74 Å². The predicted molar refractivity (Wildman–Crippen MR) is 85.5 cm³/mol. The zero-order valence-electron chi connectivity index (χ0n) is 12.5. The van der Waals surface area contributed by atoms with E-state index in [-0.39, 0.29) is 11.5 Å². The zero-order valence-corrected chi connectivity index (χ0v) is 12.5. The SMILES string of the molecule is COc1ccc2c3c(ccc2c1)C1=CCC(O)[C@@]1(C)CC3. The minimum absolute atomic E-state index is 0.0624. The molecule has 2 nitrogen and oxygen atoms in total. The second-order valence-corrected chi connectivity index (χ2v) is 6.47. The molecule has 0 bridgehead atoms. The topological polar surface area (TPSA) is 29.5 Å². The second-order valence-electron chi connectivity index (χ2n) is 6.47. The molecular weight excluding hydrogens is 260 g/mol. The Morgan fingerprint density at radius 2 is 2.10 bits per heavy atom. The molecule has 2 aromatic carbocycles. The predicted octanol–water partition coefficient (Wildman–Crippen LogP) is 3.95. The molecule has 1 N–H and O–H groups in total. The van der Waals surface area contributed by atoms with Crippen molar-refractivity contribution in [3.8, 4) is 5.75 Å². The van der Waals surface area contributed by atoms with Crippen LogP contribution in [0.4, 0.5) is 0 Å². The van der Waals surface area contributed by atoms with E-state index in [1.807, 2.05) is 6.07 Å². The van der Waals surface area contributed by atoms with E-state index >= 15 is 0 Å². The summed E-state index contributed by atoms with van der Waals surface area (Å²) in [6.07, 6.45) is 4.85. The summed E-state index contributed by atoms with van der Waals surface area (Å²) in [4.78, 5) is 0. The van der Waals surface area contributed by atoms with Gasteiger partial charge in [0.2, 0.25) is 0 Å². The lowest BCUT2D eigenvalue weighted by molar-refractivity contribution is 0.0827. The molecule has 0 spiro atoms. The summed E-state index contributed by atoms with van der Waals surface area (Å²) in [5.74, 6) is 0.901. The van der Waals surface area contributed by atoms with Crippen molar-refractivity contribution in [2.24, 2.45) is 5.41 Å². The molecule has 0 aliphatic heterocycles. The van der Waals surface area contributed by atoms with Crippen LogP contribution in [0.5, 0.6) is 5.75 Å². The monoisotopic (exact) mass is 280 g/mol. The summed E-state index contributed by atoms with van der Waals surface area (Å²) in [6.45, 7) is 2.21. The van der Waals surface area contributed by atoms with Gasteiger partial charge in [-0.1, -0.05) is 31.2 Å². The molecule has 0 aromatic heterocycles. The van der Waals surface area contributed by atoms with Crippen LogP contribution in [0.1, 0.15) is 30.9 Å². The third-order valence-corrected chi connectivity index (χ3v) is 5.42. The van der Waals surface area contributed by atoms with Crippen LogP contribution in [0, 0.1) is 5.41 Å². The van der Waals surface area contributed by atoms with E-state index < -0.39 is 0 Å². The Balaban J connectivity index is 1.93. The smallest absolute Gasteiger partial charge is 0.119 e. The van der Waals surface area contributed by atoms with Gasteiger partial charge in [-0.15, -0.1) is 0 Å². The van der Waals surface area contributed by atoms with Gasteiger partial charge in [-0.3, -0.25) is 0 Å². The van der Waals surface area contributed by atoms with Crippen molar-refractivity contribution in [1.82, 2.24) is 0 Å². The number of hydrogen-bond acceptors (Lipinski definition) is 2. The quantitative estimate of drug-likeness (QED) is 0.857. The molecule has 2 aliphatic rings. The van der Waals surface area contributed by atoms with Crippen LogP contribution in [0.25, 0.3) is 16.3 Å². The first-order valence-corrected chi connectivity index (χ1v) is 7.62. The fraction of sp³-hybridized carbons (Fsp3) is 0.368. The van der Waals surface area contributed by atoms with E-state index in [0.29, 0.717) is 0 Å². The van der Waals surface area contributed by atoms with E-state index in [9.17, 15) is 5.11 Å². The van der Waals surface area contributed by atoms with Gasteiger partial charge in [0, 0.05) is 5.41 Å². The summed E-state index contributed by atoms with van der Waals surface area (Å²) >= 11 is 0. The Labute approximate surface area is 125 Å². The summed E-state index contributed by atoms with van der Waals surface area (Å²) in [5, 5.41) is 12.9. The molecule has 2 aromatic rings. The fourth-order valence-corrected chi connectivity index (χ4v) is 4.03. The number of fused-ring (bicyclic) bond motifs is 5. The average molecular weight is 280 g/mol. The lowest BCUT2D eigenvalue weighted by atomic mass is 9.68. The number of aliphatic hydroxyl groups is 1. The standard InChI is InChI=1S/C19H20O2/c1-19-10-9-15-14-6-4-13(21-2)11-12(14)3-5-16(15)17(19)7-8-18(19)20/h3-7,11,18,20H,8-10H2,1-2H3/t18?,19-/m0/s1. The number of aliphatic hydroxyl groups excluding tert-OH is 1. The van der Waals surface area contributed by atoms with Crippen LogP contribution in [-0.2, 0) is 6.42 Å². The van der Waals surface area contributed by atoms with Crippen molar-refractivity contribution < 1.29 is 9.84 Å². The number of ether oxygens (including phenoxy) is 1. The lowest BCUT2D eigenvalue weighted by Crippen LogP contribution is -2.32. The van der Waals surface area contributed by atoms with Crippen molar-refractivity contribution >= 4 is 16.3 Å². The van der Waals surface area contributed by atoms with Crippen LogP contribution >= 0.6 is 0 Å². The highest BCUT2D eigenvalue weighted by atomic mass is 16.5. The molecule has 2 heteroatoms. The largest absolute Gasteiger partial charge is 0.497 e.